The molecule has 0 bridgehead atoms. The Labute approximate surface area is 65.8 Å². The van der Waals surface area contributed by atoms with Gasteiger partial charge in [-0.25, -0.2) is 4.79 Å². The molecule has 1 radical (unpaired) electrons. The Kier molecular flexibility index (Phi) is 2.66. The molecule has 0 amide bonds. The molecule has 1 rings (SSSR count). The maximum atomic E-state index is 9.70. The van der Waals surface area contributed by atoms with Crippen LogP contribution in [0, 0.1) is 6.92 Å². The summed E-state index contributed by atoms with van der Waals surface area (Å²) in [5.74, 6) is 0. The first-order chi connectivity index (χ1) is 5.33. The molecule has 1 aromatic rings. The first-order valence-electron chi connectivity index (χ1n) is 3.37. The van der Waals surface area contributed by atoms with E-state index in [4.69, 9.17) is 0 Å². The fraction of sp³-hybridized carbons (Fsp3) is 0.222. The fourth-order valence-corrected chi connectivity index (χ4v) is 0.797. The number of carbonyl (C=O) groups excluding carboxylic acids is 1. The highest BCUT2D eigenvalue weighted by molar-refractivity contribution is 5.38. The van der Waals surface area contributed by atoms with Crippen LogP contribution in [-0.2, 0) is 16.1 Å². The van der Waals surface area contributed by atoms with Gasteiger partial charge in [-0.1, -0.05) is 29.8 Å². The predicted molar refractivity (Wildman–Crippen MR) is 41.7 cm³/mol. The van der Waals surface area contributed by atoms with Crippen molar-refractivity contribution in [2.24, 2.45) is 0 Å². The molecule has 0 saturated carbocycles. The second-order valence-electron chi connectivity index (χ2n) is 2.36. The van der Waals surface area contributed by atoms with Crippen molar-refractivity contribution in [2.75, 3.05) is 0 Å². The van der Waals surface area contributed by atoms with Crippen LogP contribution in [0.25, 0.3) is 0 Å². The lowest BCUT2D eigenvalue weighted by molar-refractivity contribution is 0.267. The highest BCUT2D eigenvalue weighted by Crippen LogP contribution is 2.03. The Bertz CT molecular complexity index is 226. The molecule has 0 aliphatic rings. The Hall–Kier alpha value is -1.31. The lowest BCUT2D eigenvalue weighted by Gasteiger charge is -1.97. The third-order valence-corrected chi connectivity index (χ3v) is 1.42. The van der Waals surface area contributed by atoms with E-state index in [1.165, 1.54) is 12.0 Å². The highest BCUT2D eigenvalue weighted by Gasteiger charge is 1.90. The van der Waals surface area contributed by atoms with Crippen LogP contribution in [-0.4, -0.2) is 6.47 Å². The molecule has 0 fully saturated rings. The van der Waals surface area contributed by atoms with Gasteiger partial charge in [0, 0.05) is 0 Å². The first-order valence-corrected chi connectivity index (χ1v) is 3.37. The van der Waals surface area contributed by atoms with E-state index >= 15 is 0 Å². The van der Waals surface area contributed by atoms with Gasteiger partial charge in [-0.05, 0) is 12.5 Å². The summed E-state index contributed by atoms with van der Waals surface area (Å²) >= 11 is 0. The number of rotatable bonds is 3. The second kappa shape index (κ2) is 3.76. The molecule has 0 atom stereocenters. The molecule has 0 aromatic heterocycles. The minimum Gasteiger partial charge on any atom is -0.452 e. The molecule has 0 aliphatic heterocycles. The molecule has 1 aromatic carbocycles. The van der Waals surface area contributed by atoms with Crippen LogP contribution in [0.4, 0.5) is 0 Å². The van der Waals surface area contributed by atoms with Gasteiger partial charge in [-0.15, -0.1) is 0 Å². The van der Waals surface area contributed by atoms with Crippen LogP contribution in [0.3, 0.4) is 0 Å². The van der Waals surface area contributed by atoms with E-state index in [2.05, 4.69) is 4.74 Å². The van der Waals surface area contributed by atoms with E-state index in [0.29, 0.717) is 6.61 Å². The largest absolute Gasteiger partial charge is 0.452 e. The topological polar surface area (TPSA) is 26.3 Å². The smallest absolute Gasteiger partial charge is 0.417 e. The third-order valence-electron chi connectivity index (χ3n) is 1.42. The zero-order chi connectivity index (χ0) is 8.10. The highest BCUT2D eigenvalue weighted by atomic mass is 16.5. The van der Waals surface area contributed by atoms with Gasteiger partial charge in [0.1, 0.15) is 6.61 Å². The molecule has 0 N–H and O–H groups in total. The van der Waals surface area contributed by atoms with Gasteiger partial charge in [0.05, 0.1) is 0 Å². The quantitative estimate of drug-likeness (QED) is 0.652. The number of aryl methyl sites for hydroxylation is 1. The Balaban J connectivity index is 2.58. The lowest BCUT2D eigenvalue weighted by Crippen LogP contribution is -1.89. The van der Waals surface area contributed by atoms with Crippen molar-refractivity contribution >= 4 is 6.47 Å². The maximum absolute atomic E-state index is 9.70. The molecule has 57 valence electrons. The van der Waals surface area contributed by atoms with E-state index < -0.39 is 0 Å². The van der Waals surface area contributed by atoms with Gasteiger partial charge >= 0.3 is 6.47 Å². The summed E-state index contributed by atoms with van der Waals surface area (Å²) in [4.78, 5) is 9.70. The van der Waals surface area contributed by atoms with E-state index in [9.17, 15) is 4.79 Å². The maximum Gasteiger partial charge on any atom is 0.417 e. The van der Waals surface area contributed by atoms with E-state index in [-0.39, 0.29) is 0 Å². The number of benzene rings is 1. The monoisotopic (exact) mass is 149 g/mol. The average molecular weight is 149 g/mol. The van der Waals surface area contributed by atoms with E-state index in [1.54, 1.807) is 0 Å². The van der Waals surface area contributed by atoms with Crippen molar-refractivity contribution in [3.8, 4) is 0 Å². The molecule has 11 heavy (non-hydrogen) atoms. The SMILES string of the molecule is Cc1ccc(CO[C]=O)cc1. The van der Waals surface area contributed by atoms with Gasteiger partial charge in [-0.3, -0.25) is 0 Å². The summed E-state index contributed by atoms with van der Waals surface area (Å²) in [6.45, 7) is 3.70. The van der Waals surface area contributed by atoms with Crippen molar-refractivity contribution in [2.45, 2.75) is 13.5 Å². The summed E-state index contributed by atoms with van der Waals surface area (Å²) in [5, 5.41) is 0. The van der Waals surface area contributed by atoms with Crippen LogP contribution >= 0.6 is 0 Å². The van der Waals surface area contributed by atoms with E-state index in [0.717, 1.165) is 5.56 Å². The number of hydrogen-bond acceptors (Lipinski definition) is 2. The molecule has 0 heterocycles. The van der Waals surface area contributed by atoms with Crippen molar-refractivity contribution in [3.63, 3.8) is 0 Å². The zero-order valence-electron chi connectivity index (χ0n) is 6.33. The lowest BCUT2D eigenvalue weighted by atomic mass is 10.2. The fourth-order valence-electron chi connectivity index (χ4n) is 0.797. The van der Waals surface area contributed by atoms with E-state index in [1.807, 2.05) is 31.2 Å². The van der Waals surface area contributed by atoms with Crippen molar-refractivity contribution < 1.29 is 9.53 Å². The summed E-state index contributed by atoms with van der Waals surface area (Å²) in [6.07, 6.45) is 0. The molecule has 0 saturated heterocycles. The van der Waals surface area contributed by atoms with Crippen LogP contribution in [0.15, 0.2) is 24.3 Å². The summed E-state index contributed by atoms with van der Waals surface area (Å²) in [5.41, 5.74) is 2.18. The molecule has 2 nitrogen and oxygen atoms in total. The van der Waals surface area contributed by atoms with Crippen LogP contribution in [0.1, 0.15) is 11.1 Å². The van der Waals surface area contributed by atoms with Crippen molar-refractivity contribution in [3.05, 3.63) is 35.4 Å². The Morgan fingerprint density at radius 1 is 1.36 bits per heavy atom. The average Bonchev–Trinajstić information content (AvgIpc) is 2.04. The van der Waals surface area contributed by atoms with Gasteiger partial charge in [0.15, 0.2) is 0 Å². The summed E-state index contributed by atoms with van der Waals surface area (Å²) in [7, 11) is 0. The molecular weight excluding hydrogens is 140 g/mol. The Morgan fingerprint density at radius 2 is 2.00 bits per heavy atom. The van der Waals surface area contributed by atoms with Crippen molar-refractivity contribution in [1.82, 2.24) is 0 Å². The van der Waals surface area contributed by atoms with Crippen LogP contribution in [0.2, 0.25) is 0 Å². The van der Waals surface area contributed by atoms with Gasteiger partial charge in [0.25, 0.3) is 0 Å². The Morgan fingerprint density at radius 3 is 2.55 bits per heavy atom. The summed E-state index contributed by atoms with van der Waals surface area (Å²) < 4.78 is 4.45. The normalized spacial score (nSPS) is 9.18. The number of hydrogen-bond donors (Lipinski definition) is 0. The van der Waals surface area contributed by atoms with Crippen molar-refractivity contribution in [1.29, 1.82) is 0 Å². The van der Waals surface area contributed by atoms with Gasteiger partial charge in [0.2, 0.25) is 0 Å². The van der Waals surface area contributed by atoms with Gasteiger partial charge in [-0.2, -0.15) is 0 Å². The first kappa shape index (κ1) is 7.79. The minimum absolute atomic E-state index is 0.309. The summed E-state index contributed by atoms with van der Waals surface area (Å²) in [6, 6.07) is 7.80. The predicted octanol–water partition coefficient (Wildman–Crippen LogP) is 1.58. The molecule has 0 spiro atoms. The number of ether oxygens (including phenoxy) is 1. The molecular formula is C9H9O2. The third kappa shape index (κ3) is 2.42. The second-order valence-corrected chi connectivity index (χ2v) is 2.36. The minimum atomic E-state index is 0.309. The zero-order valence-corrected chi connectivity index (χ0v) is 6.33. The molecule has 0 aliphatic carbocycles. The molecule has 0 unspecified atom stereocenters. The van der Waals surface area contributed by atoms with Gasteiger partial charge < -0.3 is 4.74 Å². The van der Waals surface area contributed by atoms with Crippen LogP contribution < -0.4 is 0 Å². The standard InChI is InChI=1S/C9H9O2/c1-8-2-4-9(5-3-8)6-11-7-10/h2-5H,6H2,1H3. The molecule has 2 heteroatoms. The van der Waals surface area contributed by atoms with Crippen LogP contribution in [0.5, 0.6) is 0 Å².